The molecule has 0 radical (unpaired) electrons. The molecule has 0 saturated heterocycles. The number of nitrogens with one attached hydrogen (secondary N) is 2. The lowest BCUT2D eigenvalue weighted by Crippen LogP contribution is -2.37. The van der Waals surface area contributed by atoms with E-state index in [4.69, 9.17) is 0 Å². The van der Waals surface area contributed by atoms with Gasteiger partial charge in [0.2, 0.25) is 0 Å². The van der Waals surface area contributed by atoms with Crippen LogP contribution < -0.4 is 10.6 Å². The molecule has 0 aromatic heterocycles. The summed E-state index contributed by atoms with van der Waals surface area (Å²) in [6.07, 6.45) is 3.99. The largest absolute Gasteiger partial charge is 0.356 e. The third-order valence-corrected chi connectivity index (χ3v) is 3.83. The quantitative estimate of drug-likeness (QED) is 0.623. The minimum absolute atomic E-state index is 0.0251. The van der Waals surface area contributed by atoms with Gasteiger partial charge in [0.05, 0.1) is 0 Å². The molecule has 1 aliphatic rings. The summed E-state index contributed by atoms with van der Waals surface area (Å²) in [5.41, 5.74) is 1.83. The Hall–Kier alpha value is -2.04. The molecule has 1 saturated carbocycles. The van der Waals surface area contributed by atoms with Gasteiger partial charge in [0.1, 0.15) is 0 Å². The van der Waals surface area contributed by atoms with Crippen LogP contribution in [0.2, 0.25) is 0 Å². The number of carbonyl (C=O) groups excluding carboxylic acids is 1. The highest BCUT2D eigenvalue weighted by atomic mass is 16.2. The van der Waals surface area contributed by atoms with Gasteiger partial charge in [-0.1, -0.05) is 25.0 Å². The van der Waals surface area contributed by atoms with E-state index < -0.39 is 0 Å². The first-order chi connectivity index (χ1) is 10.6. The molecule has 1 amide bonds. The first-order valence-electron chi connectivity index (χ1n) is 7.85. The molecule has 1 aliphatic carbocycles. The summed E-state index contributed by atoms with van der Waals surface area (Å²) in [7, 11) is 5.30. The highest BCUT2D eigenvalue weighted by Gasteiger charge is 2.20. The zero-order valence-corrected chi connectivity index (χ0v) is 13.7. The third-order valence-electron chi connectivity index (χ3n) is 3.83. The molecule has 1 aromatic rings. The second-order valence-corrected chi connectivity index (χ2v) is 5.98. The van der Waals surface area contributed by atoms with Crippen molar-refractivity contribution in [3.8, 4) is 0 Å². The Morgan fingerprint density at radius 2 is 1.91 bits per heavy atom. The second kappa shape index (κ2) is 7.82. The molecule has 2 rings (SSSR count). The fraction of sp³-hybridized carbons (Fsp3) is 0.529. The van der Waals surface area contributed by atoms with Crippen molar-refractivity contribution in [3.05, 3.63) is 35.4 Å². The Morgan fingerprint density at radius 1 is 1.23 bits per heavy atom. The summed E-state index contributed by atoms with van der Waals surface area (Å²) in [5, 5.41) is 6.63. The third kappa shape index (κ3) is 5.06. The molecule has 0 aliphatic heterocycles. The van der Waals surface area contributed by atoms with Crippen LogP contribution in [-0.2, 0) is 6.54 Å². The summed E-state index contributed by atoms with van der Waals surface area (Å²) in [4.78, 5) is 17.6. The maximum atomic E-state index is 11.8. The lowest BCUT2D eigenvalue weighted by atomic mass is 10.1. The Kier molecular flexibility index (Phi) is 5.81. The monoisotopic (exact) mass is 302 g/mol. The Balaban J connectivity index is 1.78. The van der Waals surface area contributed by atoms with Crippen molar-refractivity contribution in [2.45, 2.75) is 25.8 Å². The van der Waals surface area contributed by atoms with Gasteiger partial charge in [-0.3, -0.25) is 9.79 Å². The van der Waals surface area contributed by atoms with Crippen LogP contribution in [0.5, 0.6) is 0 Å². The van der Waals surface area contributed by atoms with Crippen molar-refractivity contribution in [2.24, 2.45) is 10.9 Å². The summed E-state index contributed by atoms with van der Waals surface area (Å²) in [6, 6.07) is 7.67. The van der Waals surface area contributed by atoms with Crippen LogP contribution in [0.1, 0.15) is 35.2 Å². The van der Waals surface area contributed by atoms with Gasteiger partial charge in [0, 0.05) is 39.8 Å². The number of aliphatic imine (C=N–C) groups is 1. The van der Waals surface area contributed by atoms with E-state index in [-0.39, 0.29) is 5.91 Å². The van der Waals surface area contributed by atoms with Crippen molar-refractivity contribution < 1.29 is 4.79 Å². The first-order valence-corrected chi connectivity index (χ1v) is 7.85. The maximum Gasteiger partial charge on any atom is 0.253 e. The van der Waals surface area contributed by atoms with E-state index in [1.54, 1.807) is 26.0 Å². The van der Waals surface area contributed by atoms with E-state index in [0.29, 0.717) is 12.1 Å². The van der Waals surface area contributed by atoms with E-state index in [2.05, 4.69) is 15.6 Å². The zero-order chi connectivity index (χ0) is 15.9. The molecule has 120 valence electrons. The van der Waals surface area contributed by atoms with Crippen molar-refractivity contribution in [3.63, 3.8) is 0 Å². The number of rotatable bonds is 6. The van der Waals surface area contributed by atoms with E-state index >= 15 is 0 Å². The second-order valence-electron chi connectivity index (χ2n) is 5.98. The molecule has 0 atom stereocenters. The number of guanidine groups is 1. The lowest BCUT2D eigenvalue weighted by molar-refractivity contribution is 0.0827. The van der Waals surface area contributed by atoms with Crippen LogP contribution in [0.15, 0.2) is 29.3 Å². The average molecular weight is 302 g/mol. The lowest BCUT2D eigenvalue weighted by Gasteiger charge is -2.13. The van der Waals surface area contributed by atoms with Gasteiger partial charge in [-0.2, -0.15) is 0 Å². The smallest absolute Gasteiger partial charge is 0.253 e. The summed E-state index contributed by atoms with van der Waals surface area (Å²) in [6.45, 7) is 1.67. The molecule has 5 heteroatoms. The van der Waals surface area contributed by atoms with Gasteiger partial charge in [0.15, 0.2) is 5.96 Å². The van der Waals surface area contributed by atoms with Gasteiger partial charge >= 0.3 is 0 Å². The summed E-state index contributed by atoms with van der Waals surface area (Å²) < 4.78 is 0. The molecule has 1 aromatic carbocycles. The summed E-state index contributed by atoms with van der Waals surface area (Å²) >= 11 is 0. The molecule has 0 spiro atoms. The highest BCUT2D eigenvalue weighted by molar-refractivity contribution is 5.93. The number of carbonyl (C=O) groups is 1. The van der Waals surface area contributed by atoms with Crippen LogP contribution in [-0.4, -0.2) is 44.5 Å². The van der Waals surface area contributed by atoms with Crippen molar-refractivity contribution in [1.29, 1.82) is 0 Å². The molecule has 0 unspecified atom stereocenters. The molecule has 22 heavy (non-hydrogen) atoms. The number of hydrogen-bond acceptors (Lipinski definition) is 2. The van der Waals surface area contributed by atoms with Crippen molar-refractivity contribution in [1.82, 2.24) is 15.5 Å². The van der Waals surface area contributed by atoms with Crippen LogP contribution in [0.4, 0.5) is 0 Å². The van der Waals surface area contributed by atoms with Gasteiger partial charge in [-0.15, -0.1) is 0 Å². The van der Waals surface area contributed by atoms with Crippen molar-refractivity contribution >= 4 is 11.9 Å². The fourth-order valence-corrected chi connectivity index (χ4v) is 2.23. The predicted octanol–water partition coefficient (Wildman–Crippen LogP) is 1.85. The minimum Gasteiger partial charge on any atom is -0.356 e. The molecule has 1 fully saturated rings. The predicted molar refractivity (Wildman–Crippen MR) is 90.0 cm³/mol. The normalized spacial score (nSPS) is 14.6. The molecule has 0 heterocycles. The van der Waals surface area contributed by atoms with Gasteiger partial charge in [0.25, 0.3) is 5.91 Å². The van der Waals surface area contributed by atoms with E-state index in [1.165, 1.54) is 19.3 Å². The van der Waals surface area contributed by atoms with Crippen LogP contribution in [0.25, 0.3) is 0 Å². The van der Waals surface area contributed by atoms with Crippen LogP contribution in [0, 0.1) is 5.92 Å². The highest BCUT2D eigenvalue weighted by Crippen LogP contribution is 2.31. The van der Waals surface area contributed by atoms with E-state index in [9.17, 15) is 4.79 Å². The molecular weight excluding hydrogens is 276 g/mol. The minimum atomic E-state index is 0.0251. The molecule has 2 N–H and O–H groups in total. The molecule has 0 bridgehead atoms. The molecule has 5 nitrogen and oxygen atoms in total. The SMILES string of the molecule is CN=C(NCCC1CC1)NCc1ccc(C(=O)N(C)C)cc1. The van der Waals surface area contributed by atoms with Crippen LogP contribution >= 0.6 is 0 Å². The maximum absolute atomic E-state index is 11.8. The summed E-state index contributed by atoms with van der Waals surface area (Å²) in [5.74, 6) is 1.78. The van der Waals surface area contributed by atoms with Crippen molar-refractivity contribution in [2.75, 3.05) is 27.7 Å². The van der Waals surface area contributed by atoms with Gasteiger partial charge < -0.3 is 15.5 Å². The number of nitrogens with zero attached hydrogens (tertiary/aromatic N) is 2. The Morgan fingerprint density at radius 3 is 2.45 bits per heavy atom. The Labute approximate surface area is 132 Å². The van der Waals surface area contributed by atoms with Gasteiger partial charge in [-0.25, -0.2) is 0 Å². The van der Waals surface area contributed by atoms with Gasteiger partial charge in [-0.05, 0) is 30.0 Å². The Bertz CT molecular complexity index is 518. The van der Waals surface area contributed by atoms with E-state index in [1.807, 2.05) is 24.3 Å². The first kappa shape index (κ1) is 16.3. The number of benzene rings is 1. The number of hydrogen-bond donors (Lipinski definition) is 2. The standard InChI is InChI=1S/C17H26N4O/c1-18-17(19-11-10-13-4-5-13)20-12-14-6-8-15(9-7-14)16(22)21(2)3/h6-9,13H,4-5,10-12H2,1-3H3,(H2,18,19,20). The fourth-order valence-electron chi connectivity index (χ4n) is 2.23. The zero-order valence-electron chi connectivity index (χ0n) is 13.7. The molecular formula is C17H26N4O. The average Bonchev–Trinajstić information content (AvgIpc) is 3.34. The van der Waals surface area contributed by atoms with E-state index in [0.717, 1.165) is 24.0 Å². The topological polar surface area (TPSA) is 56.7 Å². The van der Waals surface area contributed by atoms with Crippen LogP contribution in [0.3, 0.4) is 0 Å². The number of amides is 1.